The van der Waals surface area contributed by atoms with Gasteiger partial charge in [0.2, 0.25) is 5.91 Å². The zero-order chi connectivity index (χ0) is 29.7. The van der Waals surface area contributed by atoms with Crippen molar-refractivity contribution < 1.29 is 28.7 Å². The summed E-state index contributed by atoms with van der Waals surface area (Å²) in [4.78, 5) is 51.5. The van der Waals surface area contributed by atoms with Crippen LogP contribution >= 0.6 is 43.6 Å². The molecule has 0 spiro atoms. The van der Waals surface area contributed by atoms with Crippen LogP contribution in [-0.4, -0.2) is 48.1 Å². The molecule has 1 aliphatic rings. The second-order valence-electron chi connectivity index (χ2n) is 8.89. The number of methoxy groups -OCH3 is 1. The van der Waals surface area contributed by atoms with Crippen molar-refractivity contribution in [1.82, 2.24) is 4.90 Å². The number of nitrogens with one attached hydrogen (secondary N) is 2. The largest absolute Gasteiger partial charge is 0.493 e. The van der Waals surface area contributed by atoms with Crippen molar-refractivity contribution in [3.63, 3.8) is 0 Å². The van der Waals surface area contributed by atoms with Crippen molar-refractivity contribution in [2.24, 2.45) is 0 Å². The fourth-order valence-electron chi connectivity index (χ4n) is 3.83. The van der Waals surface area contributed by atoms with Crippen LogP contribution in [0.3, 0.4) is 0 Å². The number of rotatable bonds is 9. The number of carbonyl (C=O) groups excluding carboxylic acids is 4. The van der Waals surface area contributed by atoms with Gasteiger partial charge < -0.3 is 20.1 Å². The minimum Gasteiger partial charge on any atom is -0.493 e. The molecule has 0 aromatic heterocycles. The Balaban J connectivity index is 1.39. The first-order valence-electron chi connectivity index (χ1n) is 12.2. The summed E-state index contributed by atoms with van der Waals surface area (Å²) in [7, 11) is 1.46. The van der Waals surface area contributed by atoms with E-state index in [1.165, 1.54) is 13.2 Å². The number of carbonyl (C=O) groups is 4. The maximum atomic E-state index is 12.9. The number of thioether (sulfide) groups is 1. The number of ether oxygens (including phenoxy) is 2. The molecular formula is C29H25Br2N3O6S. The van der Waals surface area contributed by atoms with E-state index in [0.29, 0.717) is 32.9 Å². The molecule has 9 nitrogen and oxygen atoms in total. The third-order valence-electron chi connectivity index (χ3n) is 6.16. The quantitative estimate of drug-likeness (QED) is 0.244. The van der Waals surface area contributed by atoms with E-state index in [4.69, 9.17) is 9.47 Å². The summed E-state index contributed by atoms with van der Waals surface area (Å²) in [5, 5.41) is 4.98. The van der Waals surface area contributed by atoms with Crippen LogP contribution in [0, 0.1) is 13.8 Å². The first kappa shape index (κ1) is 30.4. The van der Waals surface area contributed by atoms with Crippen LogP contribution in [0.15, 0.2) is 68.4 Å². The van der Waals surface area contributed by atoms with Crippen LogP contribution in [0.25, 0.3) is 6.08 Å². The Bertz CT molecular complexity index is 1580. The molecule has 4 amide bonds. The number of amides is 4. The van der Waals surface area contributed by atoms with Gasteiger partial charge in [0.15, 0.2) is 18.1 Å². The lowest BCUT2D eigenvalue weighted by molar-refractivity contribution is -0.127. The molecule has 1 aliphatic heterocycles. The van der Waals surface area contributed by atoms with Crippen molar-refractivity contribution >= 4 is 84.0 Å². The van der Waals surface area contributed by atoms with Gasteiger partial charge in [-0.15, -0.1) is 0 Å². The van der Waals surface area contributed by atoms with Crippen molar-refractivity contribution in [2.45, 2.75) is 13.8 Å². The van der Waals surface area contributed by atoms with Gasteiger partial charge in [-0.25, -0.2) is 0 Å². The van der Waals surface area contributed by atoms with Gasteiger partial charge >= 0.3 is 0 Å². The summed E-state index contributed by atoms with van der Waals surface area (Å²) >= 11 is 7.57. The number of imide groups is 1. The standard InChI is InChI=1S/C29H25Br2N3O6S/c1-16-17(2)21(10-9-19(16)30)32-27(36)15-40-23-11-8-18(12-24(23)39-3)13-25-28(37)34(29(38)41-25)14-26(35)33-22-7-5-4-6-20(22)31/h4-13H,14-15H2,1-3H3,(H,32,36)(H,33,35)/b25-13+. The molecule has 0 saturated carbocycles. The highest BCUT2D eigenvalue weighted by Gasteiger charge is 2.36. The van der Waals surface area contributed by atoms with Crippen LogP contribution in [0.4, 0.5) is 16.2 Å². The van der Waals surface area contributed by atoms with Crippen LogP contribution in [0.2, 0.25) is 0 Å². The first-order chi connectivity index (χ1) is 19.6. The molecule has 0 atom stereocenters. The maximum Gasteiger partial charge on any atom is 0.294 e. The Hall–Kier alpha value is -3.61. The van der Waals surface area contributed by atoms with E-state index in [0.717, 1.165) is 32.3 Å². The SMILES string of the molecule is COc1cc(/C=C2/SC(=O)N(CC(=O)Nc3ccccc3Br)C2=O)ccc1OCC(=O)Nc1ccc(Br)c(C)c1C. The molecule has 212 valence electrons. The molecule has 0 aliphatic carbocycles. The lowest BCUT2D eigenvalue weighted by Gasteiger charge is -2.14. The third kappa shape index (κ3) is 7.38. The fraction of sp³-hybridized carbons (Fsp3) is 0.172. The van der Waals surface area contributed by atoms with Crippen molar-refractivity contribution in [2.75, 3.05) is 30.9 Å². The lowest BCUT2D eigenvalue weighted by Crippen LogP contribution is -2.36. The van der Waals surface area contributed by atoms with E-state index >= 15 is 0 Å². The normalized spacial score (nSPS) is 13.9. The summed E-state index contributed by atoms with van der Waals surface area (Å²) in [6.45, 7) is 3.22. The first-order valence-corrected chi connectivity index (χ1v) is 14.6. The second kappa shape index (κ2) is 13.4. The molecule has 1 heterocycles. The maximum absolute atomic E-state index is 12.9. The monoisotopic (exact) mass is 701 g/mol. The molecular weight excluding hydrogens is 678 g/mol. The zero-order valence-corrected chi connectivity index (χ0v) is 26.2. The van der Waals surface area contributed by atoms with E-state index in [-0.39, 0.29) is 17.4 Å². The highest BCUT2D eigenvalue weighted by molar-refractivity contribution is 9.11. The molecule has 1 saturated heterocycles. The molecule has 1 fully saturated rings. The van der Waals surface area contributed by atoms with Gasteiger partial charge in [0, 0.05) is 14.6 Å². The summed E-state index contributed by atoms with van der Waals surface area (Å²) in [6.07, 6.45) is 1.54. The average Bonchev–Trinajstić information content (AvgIpc) is 3.20. The second-order valence-corrected chi connectivity index (χ2v) is 11.6. The van der Waals surface area contributed by atoms with Crippen LogP contribution in [-0.2, 0) is 14.4 Å². The molecule has 0 radical (unpaired) electrons. The van der Waals surface area contributed by atoms with Gasteiger partial charge in [-0.05, 0) is 101 Å². The molecule has 12 heteroatoms. The van der Waals surface area contributed by atoms with E-state index in [9.17, 15) is 19.2 Å². The summed E-state index contributed by atoms with van der Waals surface area (Å²) < 4.78 is 12.7. The van der Waals surface area contributed by atoms with Crippen LogP contribution < -0.4 is 20.1 Å². The van der Waals surface area contributed by atoms with Gasteiger partial charge in [-0.3, -0.25) is 24.1 Å². The molecule has 0 unspecified atom stereocenters. The lowest BCUT2D eigenvalue weighted by atomic mass is 10.1. The Morgan fingerprint density at radius 1 is 0.902 bits per heavy atom. The van der Waals surface area contributed by atoms with Gasteiger partial charge in [-0.2, -0.15) is 0 Å². The van der Waals surface area contributed by atoms with Crippen LogP contribution in [0.5, 0.6) is 11.5 Å². The minimum absolute atomic E-state index is 0.166. The topological polar surface area (TPSA) is 114 Å². The van der Waals surface area contributed by atoms with Crippen molar-refractivity contribution in [3.8, 4) is 11.5 Å². The Labute approximate surface area is 257 Å². The van der Waals surface area contributed by atoms with Gasteiger partial charge in [0.25, 0.3) is 17.1 Å². The summed E-state index contributed by atoms with van der Waals surface area (Å²) in [6, 6.07) is 15.6. The zero-order valence-electron chi connectivity index (χ0n) is 22.2. The van der Waals surface area contributed by atoms with E-state index < -0.39 is 23.6 Å². The Morgan fingerprint density at radius 3 is 2.37 bits per heavy atom. The van der Waals surface area contributed by atoms with Crippen LogP contribution in [0.1, 0.15) is 16.7 Å². The van der Waals surface area contributed by atoms with Gasteiger partial charge in [-0.1, -0.05) is 34.1 Å². The number of halogens is 2. The van der Waals surface area contributed by atoms with E-state index in [2.05, 4.69) is 42.5 Å². The third-order valence-corrected chi connectivity index (χ3v) is 8.62. The average molecular weight is 703 g/mol. The molecule has 4 rings (SSSR count). The number of para-hydroxylation sites is 1. The van der Waals surface area contributed by atoms with Gasteiger partial charge in [0.05, 0.1) is 17.7 Å². The van der Waals surface area contributed by atoms with E-state index in [1.54, 1.807) is 42.5 Å². The molecule has 3 aromatic rings. The molecule has 2 N–H and O–H groups in total. The Morgan fingerprint density at radius 2 is 1.63 bits per heavy atom. The summed E-state index contributed by atoms with van der Waals surface area (Å²) in [5.74, 6) is -0.734. The predicted octanol–water partition coefficient (Wildman–Crippen LogP) is 6.53. The Kier molecular flexibility index (Phi) is 9.90. The number of hydrogen-bond donors (Lipinski definition) is 2. The van der Waals surface area contributed by atoms with Gasteiger partial charge in [0.1, 0.15) is 6.54 Å². The highest BCUT2D eigenvalue weighted by atomic mass is 79.9. The predicted molar refractivity (Wildman–Crippen MR) is 166 cm³/mol. The van der Waals surface area contributed by atoms with Crippen molar-refractivity contribution in [1.29, 1.82) is 0 Å². The molecule has 41 heavy (non-hydrogen) atoms. The molecule has 0 bridgehead atoms. The number of nitrogens with zero attached hydrogens (tertiary/aromatic N) is 1. The smallest absolute Gasteiger partial charge is 0.294 e. The highest BCUT2D eigenvalue weighted by Crippen LogP contribution is 2.35. The summed E-state index contributed by atoms with van der Waals surface area (Å²) in [5.41, 5.74) is 3.78. The number of benzene rings is 3. The number of hydrogen-bond acceptors (Lipinski definition) is 7. The minimum atomic E-state index is -0.572. The van der Waals surface area contributed by atoms with Crippen molar-refractivity contribution in [3.05, 3.63) is 85.1 Å². The fourth-order valence-corrected chi connectivity index (χ4v) is 5.48. The van der Waals surface area contributed by atoms with E-state index in [1.807, 2.05) is 26.0 Å². The number of anilines is 2. The molecule has 3 aromatic carbocycles.